The number of hydrogen-bond acceptors (Lipinski definition) is 4. The molecule has 3 aromatic rings. The fourth-order valence-corrected chi connectivity index (χ4v) is 3.21. The van der Waals surface area contributed by atoms with Gasteiger partial charge in [0.25, 0.3) is 0 Å². The second kappa shape index (κ2) is 6.93. The van der Waals surface area contributed by atoms with Gasteiger partial charge in [-0.3, -0.25) is 0 Å². The third-order valence-electron chi connectivity index (χ3n) is 3.96. The Bertz CT molecular complexity index is 1120. The van der Waals surface area contributed by atoms with E-state index in [1.807, 2.05) is 0 Å². The van der Waals surface area contributed by atoms with Crippen LogP contribution in [0.2, 0.25) is 0 Å². The maximum absolute atomic E-state index is 14.0. The van der Waals surface area contributed by atoms with Gasteiger partial charge in [0, 0.05) is 17.9 Å². The molecule has 0 amide bonds. The predicted molar refractivity (Wildman–Crippen MR) is 93.6 cm³/mol. The number of nitrogens with zero attached hydrogens (tertiary/aromatic N) is 2. The highest BCUT2D eigenvalue weighted by atomic mass is 32.2. The van der Waals surface area contributed by atoms with E-state index in [1.54, 1.807) is 0 Å². The highest BCUT2D eigenvalue weighted by Crippen LogP contribution is 2.34. The fourth-order valence-electron chi connectivity index (χ4n) is 2.58. The Morgan fingerprint density at radius 3 is 2.18 bits per heavy atom. The summed E-state index contributed by atoms with van der Waals surface area (Å²) in [5, 5.41) is 3.56. The van der Waals surface area contributed by atoms with Gasteiger partial charge in [-0.05, 0) is 30.3 Å². The minimum Gasteiger partial charge on any atom is -0.494 e. The Morgan fingerprint density at radius 2 is 1.68 bits per heavy atom. The van der Waals surface area contributed by atoms with Gasteiger partial charge in [0.15, 0.2) is 27.1 Å². The van der Waals surface area contributed by atoms with E-state index < -0.39 is 27.5 Å². The third kappa shape index (κ3) is 3.86. The molecular formula is C18H14F4N2O3S. The molecule has 0 N–H and O–H groups in total. The number of alkyl halides is 3. The van der Waals surface area contributed by atoms with Gasteiger partial charge < -0.3 is 4.74 Å². The largest absolute Gasteiger partial charge is 0.494 e. The van der Waals surface area contributed by atoms with Crippen LogP contribution in [-0.2, 0) is 16.0 Å². The molecule has 28 heavy (non-hydrogen) atoms. The van der Waals surface area contributed by atoms with E-state index in [-0.39, 0.29) is 27.6 Å². The molecule has 0 spiro atoms. The molecule has 148 valence electrons. The number of methoxy groups -OCH3 is 1. The van der Waals surface area contributed by atoms with E-state index in [1.165, 1.54) is 43.5 Å². The highest BCUT2D eigenvalue weighted by molar-refractivity contribution is 7.90. The second-order valence-electron chi connectivity index (χ2n) is 5.94. The summed E-state index contributed by atoms with van der Waals surface area (Å²) in [4.78, 5) is 0.0221. The lowest BCUT2D eigenvalue weighted by Gasteiger charge is -2.10. The molecule has 3 rings (SSSR count). The van der Waals surface area contributed by atoms with Gasteiger partial charge >= 0.3 is 6.18 Å². The number of hydrogen-bond donors (Lipinski definition) is 0. The third-order valence-corrected chi connectivity index (χ3v) is 5.09. The first-order valence-corrected chi connectivity index (χ1v) is 9.71. The molecule has 1 heterocycles. The second-order valence-corrected chi connectivity index (χ2v) is 7.96. The normalized spacial score (nSPS) is 12.2. The number of halogens is 4. The molecule has 0 radical (unpaired) electrons. The number of sulfone groups is 1. The van der Waals surface area contributed by atoms with E-state index in [2.05, 4.69) is 5.10 Å². The maximum atomic E-state index is 14.0. The van der Waals surface area contributed by atoms with Gasteiger partial charge in [0.1, 0.15) is 0 Å². The van der Waals surface area contributed by atoms with Crippen molar-refractivity contribution in [2.45, 2.75) is 11.1 Å². The molecule has 1 aromatic heterocycles. The molecule has 0 aliphatic carbocycles. The van der Waals surface area contributed by atoms with E-state index in [0.717, 1.165) is 23.1 Å². The molecule has 0 saturated heterocycles. The molecule has 0 unspecified atom stereocenters. The lowest BCUT2D eigenvalue weighted by molar-refractivity contribution is -0.141. The molecule has 0 fully saturated rings. The Labute approximate surface area is 158 Å². The van der Waals surface area contributed by atoms with Crippen molar-refractivity contribution < 1.29 is 30.7 Å². The standard InChI is InChI=1S/C18H14F4N2O3S/c1-27-16-8-5-12(9-14(16)19)24-15(10-17(23-24)18(20,21)22)11-3-6-13(7-4-11)28(2,25)26/h3-10H,1-2H3. The van der Waals surface area contributed by atoms with Crippen LogP contribution in [0.5, 0.6) is 5.75 Å². The van der Waals surface area contributed by atoms with Crippen LogP contribution in [0.3, 0.4) is 0 Å². The summed E-state index contributed by atoms with van der Waals surface area (Å²) in [6.45, 7) is 0. The first-order chi connectivity index (χ1) is 13.0. The topological polar surface area (TPSA) is 61.2 Å². The van der Waals surface area contributed by atoms with Crippen molar-refractivity contribution in [1.29, 1.82) is 0 Å². The summed E-state index contributed by atoms with van der Waals surface area (Å²) < 4.78 is 82.5. The smallest absolute Gasteiger partial charge is 0.435 e. The zero-order valence-corrected chi connectivity index (χ0v) is 15.5. The van der Waals surface area contributed by atoms with Crippen molar-refractivity contribution in [3.63, 3.8) is 0 Å². The first-order valence-electron chi connectivity index (χ1n) is 7.82. The molecule has 0 saturated carbocycles. The van der Waals surface area contributed by atoms with E-state index in [4.69, 9.17) is 4.74 Å². The van der Waals surface area contributed by atoms with Crippen LogP contribution < -0.4 is 4.74 Å². The molecule has 10 heteroatoms. The quantitative estimate of drug-likeness (QED) is 0.603. The minimum atomic E-state index is -4.71. The van der Waals surface area contributed by atoms with Crippen LogP contribution >= 0.6 is 0 Å². The Morgan fingerprint density at radius 1 is 1.04 bits per heavy atom. The molecule has 0 bridgehead atoms. The van der Waals surface area contributed by atoms with Crippen LogP contribution in [-0.4, -0.2) is 31.6 Å². The van der Waals surface area contributed by atoms with Gasteiger partial charge in [0.05, 0.1) is 23.4 Å². The summed E-state index contributed by atoms with van der Waals surface area (Å²) in [7, 11) is -2.19. The van der Waals surface area contributed by atoms with Crippen LogP contribution in [0.4, 0.5) is 17.6 Å². The van der Waals surface area contributed by atoms with Gasteiger partial charge in [0.2, 0.25) is 0 Å². The minimum absolute atomic E-state index is 0.0221. The SMILES string of the molecule is COc1ccc(-n2nc(C(F)(F)F)cc2-c2ccc(S(C)(=O)=O)cc2)cc1F. The molecule has 5 nitrogen and oxygen atoms in total. The van der Waals surface area contributed by atoms with Gasteiger partial charge in [-0.1, -0.05) is 12.1 Å². The monoisotopic (exact) mass is 414 g/mol. The van der Waals surface area contributed by atoms with Gasteiger partial charge in [-0.25, -0.2) is 17.5 Å². The average Bonchev–Trinajstić information content (AvgIpc) is 3.07. The predicted octanol–water partition coefficient (Wildman–Crippen LogP) is 4.11. The van der Waals surface area contributed by atoms with Crippen molar-refractivity contribution in [2.24, 2.45) is 0 Å². The summed E-state index contributed by atoms with van der Waals surface area (Å²) >= 11 is 0. The summed E-state index contributed by atoms with van der Waals surface area (Å²) in [6, 6.07) is 9.75. The van der Waals surface area contributed by atoms with Crippen molar-refractivity contribution in [1.82, 2.24) is 9.78 Å². The zero-order valence-electron chi connectivity index (χ0n) is 14.7. The van der Waals surface area contributed by atoms with Crippen LogP contribution in [0.1, 0.15) is 5.69 Å². The zero-order chi connectivity index (χ0) is 20.7. The van der Waals surface area contributed by atoms with Gasteiger partial charge in [-0.15, -0.1) is 0 Å². The molecule has 0 atom stereocenters. The number of benzene rings is 2. The van der Waals surface area contributed by atoms with Crippen molar-refractivity contribution in [3.8, 4) is 22.7 Å². The van der Waals surface area contributed by atoms with Crippen molar-refractivity contribution in [2.75, 3.05) is 13.4 Å². The van der Waals surface area contributed by atoms with Crippen molar-refractivity contribution >= 4 is 9.84 Å². The van der Waals surface area contributed by atoms with E-state index in [0.29, 0.717) is 0 Å². The Balaban J connectivity index is 2.18. The maximum Gasteiger partial charge on any atom is 0.435 e. The first kappa shape index (κ1) is 19.9. The van der Waals surface area contributed by atoms with Crippen LogP contribution in [0, 0.1) is 5.82 Å². The molecule has 2 aromatic carbocycles. The number of aromatic nitrogens is 2. The number of ether oxygens (including phenoxy) is 1. The summed E-state index contributed by atoms with van der Waals surface area (Å²) in [6.07, 6.45) is -3.69. The Hall–Kier alpha value is -2.88. The van der Waals surface area contributed by atoms with Gasteiger partial charge in [-0.2, -0.15) is 18.3 Å². The summed E-state index contributed by atoms with van der Waals surface area (Å²) in [5.74, 6) is -0.826. The molecule has 0 aliphatic heterocycles. The molecular weight excluding hydrogens is 400 g/mol. The van der Waals surface area contributed by atoms with E-state index >= 15 is 0 Å². The fraction of sp³-hybridized carbons (Fsp3) is 0.167. The average molecular weight is 414 g/mol. The lowest BCUT2D eigenvalue weighted by Crippen LogP contribution is -2.07. The summed E-state index contributed by atoms with van der Waals surface area (Å²) in [5.41, 5.74) is -0.800. The highest BCUT2D eigenvalue weighted by Gasteiger charge is 2.35. The van der Waals surface area contributed by atoms with E-state index in [9.17, 15) is 26.0 Å². The lowest BCUT2D eigenvalue weighted by atomic mass is 10.1. The van der Waals surface area contributed by atoms with Crippen LogP contribution in [0.25, 0.3) is 16.9 Å². The number of rotatable bonds is 4. The van der Waals surface area contributed by atoms with Crippen LogP contribution in [0.15, 0.2) is 53.4 Å². The van der Waals surface area contributed by atoms with Crippen molar-refractivity contribution in [3.05, 3.63) is 60.0 Å². The molecule has 0 aliphatic rings. The Kier molecular flexibility index (Phi) is 4.92.